The lowest BCUT2D eigenvalue weighted by molar-refractivity contribution is 0.0704. The molecular formula is C27H32FNO. The number of likely N-dealkylation sites (tertiary alicyclic amines) is 1. The molecule has 0 unspecified atom stereocenters. The van der Waals surface area contributed by atoms with Crippen molar-refractivity contribution in [2.24, 2.45) is 0 Å². The summed E-state index contributed by atoms with van der Waals surface area (Å²) in [6, 6.07) is 19.7. The first-order valence-corrected chi connectivity index (χ1v) is 11.1. The Morgan fingerprint density at radius 1 is 0.967 bits per heavy atom. The lowest BCUT2D eigenvalue weighted by Gasteiger charge is -2.34. The minimum absolute atomic E-state index is 0.609. The first kappa shape index (κ1) is 20.9. The molecular weight excluding hydrogens is 373 g/mol. The van der Waals surface area contributed by atoms with Gasteiger partial charge in [-0.15, -0.1) is 0 Å². The minimum Gasteiger partial charge on any atom is -0.496 e. The summed E-state index contributed by atoms with van der Waals surface area (Å²) in [6.45, 7) is 6.39. The molecule has 3 aromatic carbocycles. The molecule has 158 valence electrons. The van der Waals surface area contributed by atoms with Crippen LogP contribution in [0.3, 0.4) is 0 Å². The van der Waals surface area contributed by atoms with E-state index in [9.17, 15) is 4.39 Å². The van der Waals surface area contributed by atoms with Crippen molar-refractivity contribution < 1.29 is 9.13 Å². The van der Waals surface area contributed by atoms with Gasteiger partial charge in [-0.25, -0.2) is 4.39 Å². The summed E-state index contributed by atoms with van der Waals surface area (Å²) >= 11 is 0. The van der Waals surface area contributed by atoms with Gasteiger partial charge in [-0.1, -0.05) is 61.9 Å². The quantitative estimate of drug-likeness (QED) is 0.447. The number of aryl methyl sites for hydroxylation is 1. The molecule has 3 heteroatoms. The summed E-state index contributed by atoms with van der Waals surface area (Å²) < 4.78 is 19.9. The zero-order valence-corrected chi connectivity index (χ0v) is 18.4. The van der Waals surface area contributed by atoms with Gasteiger partial charge in [0.25, 0.3) is 0 Å². The third kappa shape index (κ3) is 4.37. The number of alkyl halides is 1. The number of piperidine rings is 1. The second-order valence-corrected chi connectivity index (χ2v) is 8.79. The standard InChI is InChI=1S/C27H32FNO/c1-4-7-21-8-5-10-23-22(21)9-6-11-24(23)25-13-12-20(18-26(25)30-3)19-29-16-14-27(2,28)15-17-29/h5-6,8-13,18H,4,7,14-17,19H2,1-3H3. The van der Waals surface area contributed by atoms with Gasteiger partial charge in [0.1, 0.15) is 11.4 Å². The molecule has 0 amide bonds. The number of hydrogen-bond acceptors (Lipinski definition) is 2. The van der Waals surface area contributed by atoms with Crippen molar-refractivity contribution >= 4 is 10.8 Å². The lowest BCUT2D eigenvalue weighted by Crippen LogP contribution is -2.39. The number of methoxy groups -OCH3 is 1. The van der Waals surface area contributed by atoms with E-state index in [1.54, 1.807) is 14.0 Å². The SMILES string of the molecule is CCCc1cccc2c(-c3ccc(CN4CCC(C)(F)CC4)cc3OC)cccc12. The van der Waals surface area contributed by atoms with Gasteiger partial charge in [0, 0.05) is 25.2 Å². The van der Waals surface area contributed by atoms with Crippen LogP contribution in [0.15, 0.2) is 54.6 Å². The molecule has 1 aliphatic rings. The van der Waals surface area contributed by atoms with Crippen molar-refractivity contribution in [1.82, 2.24) is 4.90 Å². The monoisotopic (exact) mass is 405 g/mol. The van der Waals surface area contributed by atoms with Crippen LogP contribution in [0.4, 0.5) is 4.39 Å². The Bertz CT molecular complexity index is 1020. The van der Waals surface area contributed by atoms with Gasteiger partial charge in [-0.3, -0.25) is 4.90 Å². The summed E-state index contributed by atoms with van der Waals surface area (Å²) in [7, 11) is 1.74. The zero-order valence-electron chi connectivity index (χ0n) is 18.4. The average Bonchev–Trinajstić information content (AvgIpc) is 2.75. The van der Waals surface area contributed by atoms with E-state index in [4.69, 9.17) is 4.74 Å². The molecule has 1 saturated heterocycles. The minimum atomic E-state index is -1.01. The summed E-state index contributed by atoms with van der Waals surface area (Å²) in [5.41, 5.74) is 3.93. The normalized spacial score (nSPS) is 16.7. The fourth-order valence-electron chi connectivity index (χ4n) is 4.59. The summed E-state index contributed by atoms with van der Waals surface area (Å²) in [6.07, 6.45) is 3.45. The van der Waals surface area contributed by atoms with E-state index in [1.807, 2.05) is 0 Å². The van der Waals surface area contributed by atoms with Crippen LogP contribution in [0, 0.1) is 0 Å². The van der Waals surface area contributed by atoms with Crippen molar-refractivity contribution in [3.05, 3.63) is 65.7 Å². The highest BCUT2D eigenvalue weighted by molar-refractivity contribution is 5.99. The maximum Gasteiger partial charge on any atom is 0.127 e. The Labute approximate surface area is 179 Å². The van der Waals surface area contributed by atoms with Gasteiger partial charge >= 0.3 is 0 Å². The molecule has 0 atom stereocenters. The van der Waals surface area contributed by atoms with E-state index in [-0.39, 0.29) is 0 Å². The first-order chi connectivity index (χ1) is 14.5. The molecule has 0 saturated carbocycles. The van der Waals surface area contributed by atoms with Gasteiger partial charge in [-0.05, 0) is 59.7 Å². The zero-order chi connectivity index (χ0) is 21.1. The second-order valence-electron chi connectivity index (χ2n) is 8.79. The molecule has 30 heavy (non-hydrogen) atoms. The molecule has 1 aliphatic heterocycles. The lowest BCUT2D eigenvalue weighted by atomic mass is 9.93. The van der Waals surface area contributed by atoms with Crippen LogP contribution >= 0.6 is 0 Å². The number of nitrogens with zero attached hydrogens (tertiary/aromatic N) is 1. The third-order valence-electron chi connectivity index (χ3n) is 6.39. The highest BCUT2D eigenvalue weighted by Crippen LogP contribution is 2.37. The predicted octanol–water partition coefficient (Wildman–Crippen LogP) is 6.79. The summed E-state index contributed by atoms with van der Waals surface area (Å²) in [5.74, 6) is 0.897. The van der Waals surface area contributed by atoms with Gasteiger partial charge in [0.2, 0.25) is 0 Å². The van der Waals surface area contributed by atoms with Crippen LogP contribution in [0.5, 0.6) is 5.75 Å². The topological polar surface area (TPSA) is 12.5 Å². The van der Waals surface area contributed by atoms with Crippen molar-refractivity contribution in [1.29, 1.82) is 0 Å². The molecule has 2 nitrogen and oxygen atoms in total. The highest BCUT2D eigenvalue weighted by atomic mass is 19.1. The molecule has 0 N–H and O–H groups in total. The predicted molar refractivity (Wildman–Crippen MR) is 124 cm³/mol. The van der Waals surface area contributed by atoms with E-state index in [1.165, 1.54) is 27.5 Å². The fourth-order valence-corrected chi connectivity index (χ4v) is 4.59. The Morgan fingerprint density at radius 3 is 2.43 bits per heavy atom. The molecule has 0 bridgehead atoms. The average molecular weight is 406 g/mol. The van der Waals surface area contributed by atoms with E-state index < -0.39 is 5.67 Å². The van der Waals surface area contributed by atoms with Gasteiger partial charge in [-0.2, -0.15) is 0 Å². The number of rotatable bonds is 6. The molecule has 0 aromatic heterocycles. The molecule has 0 aliphatic carbocycles. The van der Waals surface area contributed by atoms with Crippen molar-refractivity contribution in [2.45, 2.75) is 51.7 Å². The number of benzene rings is 3. The van der Waals surface area contributed by atoms with Crippen LogP contribution in [-0.4, -0.2) is 30.8 Å². The highest BCUT2D eigenvalue weighted by Gasteiger charge is 2.29. The Kier molecular flexibility index (Phi) is 6.10. The Hall–Kier alpha value is -2.39. The van der Waals surface area contributed by atoms with Crippen molar-refractivity contribution in [2.75, 3.05) is 20.2 Å². The molecule has 0 radical (unpaired) electrons. The maximum atomic E-state index is 14.1. The number of fused-ring (bicyclic) bond motifs is 1. The number of ether oxygens (including phenoxy) is 1. The molecule has 0 spiro atoms. The fraction of sp³-hybridized carbons (Fsp3) is 0.407. The summed E-state index contributed by atoms with van der Waals surface area (Å²) in [5, 5.41) is 2.60. The van der Waals surface area contributed by atoms with Crippen LogP contribution in [0.25, 0.3) is 21.9 Å². The Balaban J connectivity index is 1.65. The van der Waals surface area contributed by atoms with E-state index in [2.05, 4.69) is 66.4 Å². The third-order valence-corrected chi connectivity index (χ3v) is 6.39. The van der Waals surface area contributed by atoms with Crippen LogP contribution in [-0.2, 0) is 13.0 Å². The van der Waals surface area contributed by atoms with Gasteiger partial charge in [0.15, 0.2) is 0 Å². The largest absolute Gasteiger partial charge is 0.496 e. The molecule has 4 rings (SSSR count). The van der Waals surface area contributed by atoms with Crippen LogP contribution < -0.4 is 4.74 Å². The summed E-state index contributed by atoms with van der Waals surface area (Å²) in [4.78, 5) is 2.34. The smallest absolute Gasteiger partial charge is 0.127 e. The van der Waals surface area contributed by atoms with E-state index >= 15 is 0 Å². The van der Waals surface area contributed by atoms with E-state index in [0.29, 0.717) is 12.8 Å². The van der Waals surface area contributed by atoms with Crippen LogP contribution in [0.2, 0.25) is 0 Å². The first-order valence-electron chi connectivity index (χ1n) is 11.1. The molecule has 3 aromatic rings. The van der Waals surface area contributed by atoms with Gasteiger partial charge < -0.3 is 4.74 Å². The molecule has 1 heterocycles. The number of hydrogen-bond donors (Lipinski definition) is 0. The van der Waals surface area contributed by atoms with E-state index in [0.717, 1.165) is 43.8 Å². The maximum absolute atomic E-state index is 14.1. The second kappa shape index (κ2) is 8.77. The Morgan fingerprint density at radius 2 is 1.70 bits per heavy atom. The van der Waals surface area contributed by atoms with Crippen LogP contribution in [0.1, 0.15) is 44.2 Å². The molecule has 1 fully saturated rings. The van der Waals surface area contributed by atoms with Gasteiger partial charge in [0.05, 0.1) is 7.11 Å². The number of halogens is 1. The van der Waals surface area contributed by atoms with Crippen molar-refractivity contribution in [3.8, 4) is 16.9 Å². The van der Waals surface area contributed by atoms with Crippen molar-refractivity contribution in [3.63, 3.8) is 0 Å².